The van der Waals surface area contributed by atoms with Crippen molar-refractivity contribution in [3.8, 4) is 11.5 Å². The monoisotopic (exact) mass is 274 g/mol. The summed E-state index contributed by atoms with van der Waals surface area (Å²) in [5.74, 6) is 1.53. The summed E-state index contributed by atoms with van der Waals surface area (Å²) in [6, 6.07) is 3.52. The van der Waals surface area contributed by atoms with Crippen LogP contribution in [0.4, 0.5) is 5.82 Å². The zero-order valence-electron chi connectivity index (χ0n) is 11.5. The molecule has 0 aliphatic heterocycles. The van der Waals surface area contributed by atoms with Crippen molar-refractivity contribution in [1.82, 2.24) is 15.1 Å². The van der Waals surface area contributed by atoms with Gasteiger partial charge in [0.15, 0.2) is 0 Å². The van der Waals surface area contributed by atoms with Crippen LogP contribution >= 0.6 is 0 Å². The first-order valence-electron chi connectivity index (χ1n) is 6.93. The molecule has 2 aromatic heterocycles. The topological polar surface area (TPSA) is 87.1 Å². The summed E-state index contributed by atoms with van der Waals surface area (Å²) in [6.07, 6.45) is 5.77. The second-order valence-electron chi connectivity index (χ2n) is 5.03. The van der Waals surface area contributed by atoms with E-state index in [-0.39, 0.29) is 5.60 Å². The van der Waals surface area contributed by atoms with Crippen molar-refractivity contribution in [2.45, 2.75) is 38.2 Å². The van der Waals surface area contributed by atoms with E-state index in [0.717, 1.165) is 31.2 Å². The molecule has 0 radical (unpaired) electrons. The second-order valence-corrected chi connectivity index (χ2v) is 5.03. The molecule has 1 saturated carbocycles. The average Bonchev–Trinajstić information content (AvgIpc) is 3.08. The van der Waals surface area contributed by atoms with Crippen LogP contribution in [0.5, 0.6) is 0 Å². The zero-order chi connectivity index (χ0) is 14.0. The molecule has 0 aromatic carbocycles. The second kappa shape index (κ2) is 5.20. The Morgan fingerprint density at radius 3 is 2.90 bits per heavy atom. The van der Waals surface area contributed by atoms with Crippen LogP contribution in [-0.4, -0.2) is 21.7 Å². The number of pyridine rings is 1. The van der Waals surface area contributed by atoms with Crippen molar-refractivity contribution in [2.24, 2.45) is 0 Å². The summed E-state index contributed by atoms with van der Waals surface area (Å²) in [5, 5.41) is 4.12. The fraction of sp³-hybridized carbons (Fsp3) is 0.500. The molecule has 2 N–H and O–H groups in total. The fourth-order valence-corrected chi connectivity index (χ4v) is 2.76. The van der Waals surface area contributed by atoms with Gasteiger partial charge in [0.2, 0.25) is 5.82 Å². The van der Waals surface area contributed by atoms with Crippen LogP contribution in [0.3, 0.4) is 0 Å². The lowest BCUT2D eigenvalue weighted by atomic mass is 10.0. The summed E-state index contributed by atoms with van der Waals surface area (Å²) in [7, 11) is 0. The minimum atomic E-state index is -0.380. The lowest BCUT2D eigenvalue weighted by Gasteiger charge is -2.24. The van der Waals surface area contributed by atoms with Gasteiger partial charge in [-0.1, -0.05) is 5.16 Å². The standard InChI is InChI=1S/C14H18N4O2/c1-2-19-14(6-3-4-7-14)13-17-12(20-18-13)10-5-8-16-11(15)9-10/h5,8-9H,2-4,6-7H2,1H3,(H2,15,16). The number of hydrogen-bond acceptors (Lipinski definition) is 6. The largest absolute Gasteiger partial charge is 0.384 e. The van der Waals surface area contributed by atoms with E-state index in [4.69, 9.17) is 15.0 Å². The molecule has 1 fully saturated rings. The van der Waals surface area contributed by atoms with Crippen molar-refractivity contribution >= 4 is 5.82 Å². The van der Waals surface area contributed by atoms with E-state index in [0.29, 0.717) is 24.1 Å². The van der Waals surface area contributed by atoms with E-state index in [1.165, 1.54) is 0 Å². The van der Waals surface area contributed by atoms with E-state index in [9.17, 15) is 0 Å². The SMILES string of the molecule is CCOC1(c2noc(-c3ccnc(N)c3)n2)CCCC1. The van der Waals surface area contributed by atoms with Gasteiger partial charge in [0.1, 0.15) is 11.4 Å². The number of aromatic nitrogens is 3. The Hall–Kier alpha value is -1.95. The van der Waals surface area contributed by atoms with Gasteiger partial charge in [-0.05, 0) is 44.7 Å². The molecule has 2 aromatic rings. The molecule has 106 valence electrons. The quantitative estimate of drug-likeness (QED) is 0.921. The van der Waals surface area contributed by atoms with Gasteiger partial charge in [0, 0.05) is 18.4 Å². The Kier molecular flexibility index (Phi) is 3.40. The maximum atomic E-state index is 5.93. The Morgan fingerprint density at radius 2 is 2.20 bits per heavy atom. The number of nitrogens with zero attached hydrogens (tertiary/aromatic N) is 3. The predicted octanol–water partition coefficient (Wildman–Crippen LogP) is 2.52. The Bertz CT molecular complexity index is 590. The lowest BCUT2D eigenvalue weighted by Crippen LogP contribution is -2.27. The fourth-order valence-electron chi connectivity index (χ4n) is 2.76. The minimum Gasteiger partial charge on any atom is -0.384 e. The number of rotatable bonds is 4. The van der Waals surface area contributed by atoms with Crippen LogP contribution in [0.15, 0.2) is 22.9 Å². The van der Waals surface area contributed by atoms with Gasteiger partial charge >= 0.3 is 0 Å². The highest BCUT2D eigenvalue weighted by Gasteiger charge is 2.40. The third kappa shape index (κ3) is 2.27. The molecule has 0 unspecified atom stereocenters. The van der Waals surface area contributed by atoms with Crippen LogP contribution < -0.4 is 5.73 Å². The highest BCUT2D eigenvalue weighted by atomic mass is 16.5. The Labute approximate surface area is 117 Å². The molecule has 20 heavy (non-hydrogen) atoms. The molecule has 0 amide bonds. The van der Waals surface area contributed by atoms with Gasteiger partial charge in [-0.15, -0.1) is 0 Å². The molecular formula is C14H18N4O2. The third-order valence-electron chi connectivity index (χ3n) is 3.69. The van der Waals surface area contributed by atoms with Gasteiger partial charge in [-0.25, -0.2) is 4.98 Å². The van der Waals surface area contributed by atoms with E-state index in [2.05, 4.69) is 15.1 Å². The van der Waals surface area contributed by atoms with Gasteiger partial charge in [0.25, 0.3) is 5.89 Å². The van der Waals surface area contributed by atoms with Crippen LogP contribution in [0.2, 0.25) is 0 Å². The maximum Gasteiger partial charge on any atom is 0.258 e. The van der Waals surface area contributed by atoms with E-state index >= 15 is 0 Å². The maximum absolute atomic E-state index is 5.93. The number of hydrogen-bond donors (Lipinski definition) is 1. The molecule has 0 atom stereocenters. The Balaban J connectivity index is 1.93. The first-order chi connectivity index (χ1) is 9.73. The zero-order valence-corrected chi connectivity index (χ0v) is 11.5. The number of anilines is 1. The van der Waals surface area contributed by atoms with Gasteiger partial charge in [-0.2, -0.15) is 4.98 Å². The number of nitrogen functional groups attached to an aromatic ring is 1. The molecule has 6 heteroatoms. The normalized spacial score (nSPS) is 17.4. The van der Waals surface area contributed by atoms with E-state index in [1.807, 2.05) is 6.92 Å². The van der Waals surface area contributed by atoms with Crippen molar-refractivity contribution in [1.29, 1.82) is 0 Å². The minimum absolute atomic E-state index is 0.380. The number of ether oxygens (including phenoxy) is 1. The average molecular weight is 274 g/mol. The molecule has 0 bridgehead atoms. The molecule has 1 aliphatic rings. The summed E-state index contributed by atoms with van der Waals surface area (Å²) in [4.78, 5) is 8.46. The van der Waals surface area contributed by atoms with Crippen LogP contribution in [0, 0.1) is 0 Å². The van der Waals surface area contributed by atoms with Crippen LogP contribution in [0.1, 0.15) is 38.4 Å². The van der Waals surface area contributed by atoms with E-state index < -0.39 is 0 Å². The summed E-state index contributed by atoms with van der Waals surface area (Å²) < 4.78 is 11.3. The highest BCUT2D eigenvalue weighted by Crippen LogP contribution is 2.41. The highest BCUT2D eigenvalue weighted by molar-refractivity contribution is 5.56. The molecule has 2 heterocycles. The van der Waals surface area contributed by atoms with Gasteiger partial charge < -0.3 is 15.0 Å². The van der Waals surface area contributed by atoms with Crippen molar-refractivity contribution in [3.63, 3.8) is 0 Å². The lowest BCUT2D eigenvalue weighted by molar-refractivity contribution is -0.0469. The summed E-state index contributed by atoms with van der Waals surface area (Å²) in [6.45, 7) is 2.64. The third-order valence-corrected chi connectivity index (χ3v) is 3.69. The van der Waals surface area contributed by atoms with Gasteiger partial charge in [-0.3, -0.25) is 0 Å². The molecular weight excluding hydrogens is 256 g/mol. The van der Waals surface area contributed by atoms with Crippen molar-refractivity contribution in [3.05, 3.63) is 24.2 Å². The van der Waals surface area contributed by atoms with E-state index in [1.54, 1.807) is 18.3 Å². The predicted molar refractivity (Wildman–Crippen MR) is 73.7 cm³/mol. The van der Waals surface area contributed by atoms with Crippen LogP contribution in [0.25, 0.3) is 11.5 Å². The van der Waals surface area contributed by atoms with Crippen molar-refractivity contribution < 1.29 is 9.26 Å². The van der Waals surface area contributed by atoms with Gasteiger partial charge in [0.05, 0.1) is 0 Å². The van der Waals surface area contributed by atoms with Crippen LogP contribution in [-0.2, 0) is 10.3 Å². The first kappa shape index (κ1) is 13.1. The molecule has 1 aliphatic carbocycles. The molecule has 6 nitrogen and oxygen atoms in total. The van der Waals surface area contributed by atoms with Crippen molar-refractivity contribution in [2.75, 3.05) is 12.3 Å². The molecule has 3 rings (SSSR count). The summed E-state index contributed by atoms with van der Waals surface area (Å²) >= 11 is 0. The Morgan fingerprint density at radius 1 is 1.40 bits per heavy atom. The first-order valence-corrected chi connectivity index (χ1v) is 6.93. The molecule has 0 saturated heterocycles. The summed E-state index contributed by atoms with van der Waals surface area (Å²) in [5.41, 5.74) is 6.07. The number of nitrogens with two attached hydrogens (primary N) is 1. The smallest absolute Gasteiger partial charge is 0.258 e. The molecule has 0 spiro atoms.